The standard InChI is InChI=1S/C25H30F3N3O3S/c1-18(32)30-14-13-22-11-12-23(31(22)35(2,33)34)17-29(16-20-5-3-4-6-24(20)30)15-19-7-9-21(10-8-19)25(26,27)28/h3-10,22-23H,11-17H2,1-2H3/t22-,23+/m1/s1. The van der Waals surface area contributed by atoms with Gasteiger partial charge in [0.1, 0.15) is 0 Å². The quantitative estimate of drug-likeness (QED) is 0.621. The van der Waals surface area contributed by atoms with Crippen molar-refractivity contribution in [3.63, 3.8) is 0 Å². The first-order valence-electron chi connectivity index (χ1n) is 11.7. The van der Waals surface area contributed by atoms with E-state index in [2.05, 4.69) is 4.90 Å². The number of halogens is 3. The van der Waals surface area contributed by atoms with Gasteiger partial charge in [0, 0.05) is 50.9 Å². The average molecular weight is 510 g/mol. The molecule has 10 heteroatoms. The number of benzene rings is 2. The van der Waals surface area contributed by atoms with Gasteiger partial charge in [-0.1, -0.05) is 30.3 Å². The van der Waals surface area contributed by atoms with Crippen molar-refractivity contribution >= 4 is 21.6 Å². The molecule has 1 fully saturated rings. The van der Waals surface area contributed by atoms with Gasteiger partial charge in [-0.3, -0.25) is 9.69 Å². The van der Waals surface area contributed by atoms with E-state index in [0.717, 1.165) is 23.4 Å². The molecule has 2 aromatic rings. The molecule has 0 unspecified atom stereocenters. The maximum atomic E-state index is 13.0. The van der Waals surface area contributed by atoms with E-state index in [-0.39, 0.29) is 18.0 Å². The second-order valence-electron chi connectivity index (χ2n) is 9.43. The summed E-state index contributed by atoms with van der Waals surface area (Å²) in [6.07, 6.45) is -1.24. The zero-order chi connectivity index (χ0) is 25.4. The highest BCUT2D eigenvalue weighted by molar-refractivity contribution is 7.88. The van der Waals surface area contributed by atoms with Gasteiger partial charge < -0.3 is 4.90 Å². The highest BCUT2D eigenvalue weighted by Crippen LogP contribution is 2.34. The van der Waals surface area contributed by atoms with Crippen molar-refractivity contribution in [2.24, 2.45) is 0 Å². The van der Waals surface area contributed by atoms with E-state index >= 15 is 0 Å². The summed E-state index contributed by atoms with van der Waals surface area (Å²) in [5.41, 5.74) is 1.69. The van der Waals surface area contributed by atoms with E-state index < -0.39 is 21.8 Å². The first-order chi connectivity index (χ1) is 16.4. The summed E-state index contributed by atoms with van der Waals surface area (Å²) in [6.45, 7) is 3.14. The number of sulfonamides is 1. The van der Waals surface area contributed by atoms with Gasteiger partial charge in [-0.05, 0) is 48.6 Å². The summed E-state index contributed by atoms with van der Waals surface area (Å²) >= 11 is 0. The second-order valence-corrected chi connectivity index (χ2v) is 11.3. The van der Waals surface area contributed by atoms with E-state index in [1.807, 2.05) is 24.3 Å². The number of nitrogens with zero attached hydrogens (tertiary/aromatic N) is 3. The molecule has 0 saturated carbocycles. The third-order valence-electron chi connectivity index (χ3n) is 6.83. The van der Waals surface area contributed by atoms with Crippen molar-refractivity contribution in [1.29, 1.82) is 0 Å². The van der Waals surface area contributed by atoms with E-state index in [0.29, 0.717) is 51.0 Å². The Morgan fingerprint density at radius 3 is 2.29 bits per heavy atom. The SMILES string of the molecule is CC(=O)N1CC[C@H]2CC[C@@H](CN(Cc3ccc(C(F)(F)F)cc3)Cc3ccccc31)N2S(C)(=O)=O. The lowest BCUT2D eigenvalue weighted by Crippen LogP contribution is -2.46. The number of anilines is 1. The van der Waals surface area contributed by atoms with Crippen molar-refractivity contribution < 1.29 is 26.4 Å². The molecule has 6 nitrogen and oxygen atoms in total. The number of carbonyl (C=O) groups is 1. The Balaban J connectivity index is 1.71. The molecule has 0 radical (unpaired) electrons. The van der Waals surface area contributed by atoms with E-state index in [9.17, 15) is 26.4 Å². The Hall–Kier alpha value is -2.43. The maximum absolute atomic E-state index is 13.0. The molecule has 35 heavy (non-hydrogen) atoms. The summed E-state index contributed by atoms with van der Waals surface area (Å²) in [5.74, 6) is -0.119. The van der Waals surface area contributed by atoms with E-state index in [4.69, 9.17) is 0 Å². The summed E-state index contributed by atoms with van der Waals surface area (Å²) in [7, 11) is -3.49. The highest BCUT2D eigenvalue weighted by atomic mass is 32.2. The minimum atomic E-state index is -4.41. The molecule has 4 rings (SSSR count). The third kappa shape index (κ3) is 5.87. The van der Waals surface area contributed by atoms with Crippen LogP contribution in [0, 0.1) is 0 Å². The number of rotatable bonds is 3. The van der Waals surface area contributed by atoms with Crippen LogP contribution in [0.25, 0.3) is 0 Å². The number of carbonyl (C=O) groups excluding carboxylic acids is 1. The van der Waals surface area contributed by atoms with Crippen LogP contribution < -0.4 is 4.90 Å². The van der Waals surface area contributed by atoms with Gasteiger partial charge in [0.05, 0.1) is 11.8 Å². The molecule has 2 aliphatic heterocycles. The lowest BCUT2D eigenvalue weighted by Gasteiger charge is -2.32. The first-order valence-corrected chi connectivity index (χ1v) is 13.5. The van der Waals surface area contributed by atoms with Crippen LogP contribution in [-0.2, 0) is 34.1 Å². The molecule has 0 spiro atoms. The van der Waals surface area contributed by atoms with Crippen LogP contribution in [0.3, 0.4) is 0 Å². The average Bonchev–Trinajstić information content (AvgIpc) is 3.16. The Morgan fingerprint density at radius 2 is 1.66 bits per heavy atom. The molecular formula is C25H30F3N3O3S. The molecular weight excluding hydrogens is 479 g/mol. The molecule has 2 aromatic carbocycles. The van der Waals surface area contributed by atoms with Crippen LogP contribution in [0.1, 0.15) is 42.9 Å². The molecule has 2 heterocycles. The van der Waals surface area contributed by atoms with Crippen LogP contribution in [-0.4, -0.2) is 55.0 Å². The maximum Gasteiger partial charge on any atom is 0.416 e. The lowest BCUT2D eigenvalue weighted by molar-refractivity contribution is -0.137. The van der Waals surface area contributed by atoms with Gasteiger partial charge in [-0.25, -0.2) is 8.42 Å². The van der Waals surface area contributed by atoms with Gasteiger partial charge in [0.25, 0.3) is 0 Å². The van der Waals surface area contributed by atoms with Crippen molar-refractivity contribution in [2.75, 3.05) is 24.2 Å². The highest BCUT2D eigenvalue weighted by Gasteiger charge is 2.41. The van der Waals surface area contributed by atoms with Crippen molar-refractivity contribution in [1.82, 2.24) is 9.21 Å². The summed E-state index contributed by atoms with van der Waals surface area (Å²) < 4.78 is 66.1. The second kappa shape index (κ2) is 9.91. The minimum Gasteiger partial charge on any atom is -0.312 e. The largest absolute Gasteiger partial charge is 0.416 e. The summed E-state index contributed by atoms with van der Waals surface area (Å²) in [6, 6.07) is 12.2. The van der Waals surface area contributed by atoms with Crippen LogP contribution in [0.15, 0.2) is 48.5 Å². The topological polar surface area (TPSA) is 60.9 Å². The van der Waals surface area contributed by atoms with Crippen LogP contribution in [0.2, 0.25) is 0 Å². The van der Waals surface area contributed by atoms with Gasteiger partial charge >= 0.3 is 6.18 Å². The Bertz CT molecular complexity index is 1170. The molecule has 0 N–H and O–H groups in total. The lowest BCUT2D eigenvalue weighted by atomic mass is 10.1. The smallest absolute Gasteiger partial charge is 0.312 e. The molecule has 2 aliphatic rings. The predicted molar refractivity (Wildman–Crippen MR) is 128 cm³/mol. The van der Waals surface area contributed by atoms with Gasteiger partial charge in [0.2, 0.25) is 15.9 Å². The summed E-state index contributed by atoms with van der Waals surface area (Å²) in [4.78, 5) is 16.3. The fourth-order valence-corrected chi connectivity index (χ4v) is 6.80. The van der Waals surface area contributed by atoms with E-state index in [1.165, 1.54) is 25.3 Å². The Labute approximate surface area is 204 Å². The van der Waals surface area contributed by atoms with Crippen molar-refractivity contribution in [3.8, 4) is 0 Å². The number of amides is 1. The number of hydrogen-bond acceptors (Lipinski definition) is 4. The number of fused-ring (bicyclic) bond motifs is 3. The normalized spacial score (nSPS) is 22.5. The molecule has 2 atom stereocenters. The zero-order valence-corrected chi connectivity index (χ0v) is 20.6. The van der Waals surface area contributed by atoms with Crippen LogP contribution in [0.5, 0.6) is 0 Å². The predicted octanol–water partition coefficient (Wildman–Crippen LogP) is 4.26. The van der Waals surface area contributed by atoms with E-state index in [1.54, 1.807) is 9.21 Å². The first kappa shape index (κ1) is 25.7. The van der Waals surface area contributed by atoms with Crippen LogP contribution >= 0.6 is 0 Å². The number of hydrogen-bond donors (Lipinski definition) is 0. The number of alkyl halides is 3. The molecule has 1 saturated heterocycles. The summed E-state index contributed by atoms with van der Waals surface area (Å²) in [5, 5.41) is 0. The fourth-order valence-electron chi connectivity index (χ4n) is 5.34. The van der Waals surface area contributed by atoms with Gasteiger partial charge in [-0.2, -0.15) is 17.5 Å². The monoisotopic (exact) mass is 509 g/mol. The van der Waals surface area contributed by atoms with Gasteiger partial charge in [-0.15, -0.1) is 0 Å². The zero-order valence-electron chi connectivity index (χ0n) is 19.8. The molecule has 0 aromatic heterocycles. The Kier molecular flexibility index (Phi) is 7.26. The molecule has 1 amide bonds. The van der Waals surface area contributed by atoms with Crippen molar-refractivity contribution in [3.05, 3.63) is 65.2 Å². The fraction of sp³-hybridized carbons (Fsp3) is 0.480. The van der Waals surface area contributed by atoms with Crippen LogP contribution in [0.4, 0.5) is 18.9 Å². The molecule has 190 valence electrons. The Morgan fingerprint density at radius 1 is 1.00 bits per heavy atom. The van der Waals surface area contributed by atoms with Crippen molar-refractivity contribution in [2.45, 2.75) is 57.5 Å². The molecule has 2 bridgehead atoms. The molecule has 0 aliphatic carbocycles. The minimum absolute atomic E-state index is 0.119. The number of para-hydroxylation sites is 1. The van der Waals surface area contributed by atoms with Gasteiger partial charge in [0.15, 0.2) is 0 Å². The third-order valence-corrected chi connectivity index (χ3v) is 8.20.